The molecule has 55 heavy (non-hydrogen) atoms. The fraction of sp³-hybridized carbons (Fsp3) is 0.100. The third kappa shape index (κ3) is 8.24. The Morgan fingerprint density at radius 1 is 0.636 bits per heavy atom. The van der Waals surface area contributed by atoms with Crippen molar-refractivity contribution in [3.63, 3.8) is 0 Å². The summed E-state index contributed by atoms with van der Waals surface area (Å²) >= 11 is 0. The van der Waals surface area contributed by atoms with Crippen molar-refractivity contribution in [1.29, 1.82) is 0 Å². The van der Waals surface area contributed by atoms with Gasteiger partial charge in [-0.1, -0.05) is 126 Å². The number of hydrogen-bond acceptors (Lipinski definition) is 4. The van der Waals surface area contributed by atoms with Crippen LogP contribution in [0.1, 0.15) is 37.6 Å². The summed E-state index contributed by atoms with van der Waals surface area (Å²) < 4.78 is 29.0. The normalized spacial score (nSPS) is 11.9. The minimum absolute atomic E-state index is 0. The van der Waals surface area contributed by atoms with E-state index in [4.69, 9.17) is 8.53 Å². The predicted octanol–water partition coefficient (Wildman–Crippen LogP) is 12.5. The zero-order chi connectivity index (χ0) is 39.5. The van der Waals surface area contributed by atoms with Gasteiger partial charge in [-0.25, -0.2) is 4.98 Å². The number of rotatable bonds is 6. The van der Waals surface area contributed by atoms with E-state index in [1.807, 2.05) is 54.7 Å². The van der Waals surface area contributed by atoms with Gasteiger partial charge in [0, 0.05) is 47.7 Å². The maximum atomic E-state index is 7.64. The van der Waals surface area contributed by atoms with Crippen molar-refractivity contribution in [3.05, 3.63) is 198 Å². The Morgan fingerprint density at radius 3 is 2.13 bits per heavy atom. The van der Waals surface area contributed by atoms with Gasteiger partial charge in [0.15, 0.2) is 0 Å². The smallest absolute Gasteiger partial charge is 0.216 e. The van der Waals surface area contributed by atoms with E-state index in [1.165, 1.54) is 50.6 Å². The standard InChI is InChI=1S/C30H21N2O.C20H18N.Ir/c1-20-10-15-26-25-8-5-9-27(29(25)33-30(26)32-20)28-19-22(16-17-31-28)18-21-11-13-24(14-12-21)23-6-3-2-4-7-23;1-14-9-10-18(20-11-15(2)16(3)13-21-20)12-19(14)17-7-5-4-6-8-17;/h2-8,10-17,19H,18H2,1H3;4-9,11-13H,1-3H3;/q2*-1;/i1D3;;. The van der Waals surface area contributed by atoms with Gasteiger partial charge in [0.2, 0.25) is 5.71 Å². The number of furan rings is 1. The Morgan fingerprint density at radius 2 is 1.38 bits per heavy atom. The third-order valence-electron chi connectivity index (χ3n) is 9.74. The fourth-order valence-electron chi connectivity index (χ4n) is 6.63. The Hall–Kier alpha value is -6.00. The summed E-state index contributed by atoms with van der Waals surface area (Å²) in [6, 6.07) is 53.4. The third-order valence-corrected chi connectivity index (χ3v) is 9.74. The molecule has 0 N–H and O–H groups in total. The monoisotopic (exact) mass is 893 g/mol. The zero-order valence-electron chi connectivity index (χ0n) is 33.7. The molecule has 0 fully saturated rings. The summed E-state index contributed by atoms with van der Waals surface area (Å²) in [4.78, 5) is 13.4. The number of fused-ring (bicyclic) bond motifs is 3. The van der Waals surface area contributed by atoms with Crippen molar-refractivity contribution in [2.45, 2.75) is 34.0 Å². The molecule has 0 amide bonds. The predicted molar refractivity (Wildman–Crippen MR) is 221 cm³/mol. The topological polar surface area (TPSA) is 51.8 Å². The molecular formula is C50H39IrN3O-2. The molecule has 5 heteroatoms. The van der Waals surface area contributed by atoms with Crippen molar-refractivity contribution in [2.75, 3.05) is 0 Å². The first-order valence-electron chi connectivity index (χ1n) is 19.5. The van der Waals surface area contributed by atoms with Crippen molar-refractivity contribution in [3.8, 4) is 44.8 Å². The minimum atomic E-state index is -2.29. The molecule has 0 atom stereocenters. The first-order valence-corrected chi connectivity index (χ1v) is 18.0. The molecule has 0 bridgehead atoms. The van der Waals surface area contributed by atoms with Crippen molar-refractivity contribution >= 4 is 22.1 Å². The van der Waals surface area contributed by atoms with Gasteiger partial charge in [0.1, 0.15) is 0 Å². The van der Waals surface area contributed by atoms with E-state index in [2.05, 4.69) is 127 Å². The number of nitrogens with zero attached hydrogens (tertiary/aromatic N) is 3. The second kappa shape index (κ2) is 16.6. The molecule has 271 valence electrons. The molecule has 0 saturated heterocycles. The van der Waals surface area contributed by atoms with Crippen LogP contribution in [0.2, 0.25) is 0 Å². The molecule has 4 heterocycles. The maximum absolute atomic E-state index is 7.64. The molecule has 9 rings (SSSR count). The number of pyridine rings is 3. The molecule has 0 saturated carbocycles. The summed E-state index contributed by atoms with van der Waals surface area (Å²) in [6.45, 7) is 4.03. The Kier molecular flexibility index (Phi) is 10.1. The van der Waals surface area contributed by atoms with Gasteiger partial charge in [-0.2, -0.15) is 0 Å². The summed E-state index contributed by atoms with van der Waals surface area (Å²) in [5.74, 6) is 0. The molecular weight excluding hydrogens is 851 g/mol. The van der Waals surface area contributed by atoms with Crippen LogP contribution in [0.15, 0.2) is 156 Å². The van der Waals surface area contributed by atoms with Crippen LogP contribution in [0.5, 0.6) is 0 Å². The van der Waals surface area contributed by atoms with Gasteiger partial charge in [-0.3, -0.25) is 0 Å². The van der Waals surface area contributed by atoms with Crippen LogP contribution < -0.4 is 0 Å². The number of benzene rings is 5. The van der Waals surface area contributed by atoms with Crippen molar-refractivity contribution in [1.82, 2.24) is 15.0 Å². The number of hydrogen-bond donors (Lipinski definition) is 0. The van der Waals surface area contributed by atoms with Gasteiger partial charge in [-0.15, -0.1) is 47.5 Å². The van der Waals surface area contributed by atoms with Crippen LogP contribution in [0.25, 0.3) is 66.8 Å². The molecule has 5 aromatic carbocycles. The van der Waals surface area contributed by atoms with Gasteiger partial charge >= 0.3 is 0 Å². The number of aryl methyl sites for hydroxylation is 4. The first kappa shape index (κ1) is 33.6. The first-order chi connectivity index (χ1) is 27.6. The average molecular weight is 893 g/mol. The number of aromatic nitrogens is 3. The van der Waals surface area contributed by atoms with E-state index >= 15 is 0 Å². The van der Waals surface area contributed by atoms with E-state index in [9.17, 15) is 0 Å². The van der Waals surface area contributed by atoms with Crippen molar-refractivity contribution in [2.24, 2.45) is 0 Å². The molecule has 1 radical (unpaired) electrons. The molecule has 0 aliphatic carbocycles. The summed E-state index contributed by atoms with van der Waals surface area (Å²) in [7, 11) is 0. The van der Waals surface area contributed by atoms with Gasteiger partial charge in [-0.05, 0) is 90.1 Å². The Balaban J connectivity index is 0.000000199. The maximum Gasteiger partial charge on any atom is 0.216 e. The Bertz CT molecular complexity index is 2840. The SMILES string of the molecule is Cc1cnc(-c2[c-]cc(C)c(-c3ccccc3)c2)cc1C.[2H]C([2H])([2H])c1ccc2c(n1)oc1c(-c3cc(Cc4ccc(-c5ccccc5)cc4)ccn3)[c-]ccc12.[Ir]. The second-order valence-electron chi connectivity index (χ2n) is 13.5. The van der Waals surface area contributed by atoms with Crippen molar-refractivity contribution < 1.29 is 28.6 Å². The van der Waals surface area contributed by atoms with Gasteiger partial charge in [0.25, 0.3) is 0 Å². The summed E-state index contributed by atoms with van der Waals surface area (Å²) in [5, 5.41) is 1.62. The fourth-order valence-corrected chi connectivity index (χ4v) is 6.63. The van der Waals surface area contributed by atoms with E-state index in [0.29, 0.717) is 11.3 Å². The summed E-state index contributed by atoms with van der Waals surface area (Å²) in [6.07, 6.45) is 4.49. The molecule has 0 spiro atoms. The Labute approximate surface area is 340 Å². The zero-order valence-corrected chi connectivity index (χ0v) is 33.1. The van der Waals surface area contributed by atoms with Crippen LogP contribution in [0.4, 0.5) is 0 Å². The van der Waals surface area contributed by atoms with E-state index in [-0.39, 0.29) is 25.8 Å². The molecule has 9 aromatic rings. The van der Waals surface area contributed by atoms with Crippen LogP contribution >= 0.6 is 0 Å². The largest absolute Gasteiger partial charge is 0.486 e. The van der Waals surface area contributed by atoms with E-state index in [0.717, 1.165) is 45.3 Å². The average Bonchev–Trinajstić information content (AvgIpc) is 3.61. The molecule has 0 aliphatic heterocycles. The molecule has 0 aliphatic rings. The van der Waals surface area contributed by atoms with E-state index in [1.54, 1.807) is 12.3 Å². The quantitative estimate of drug-likeness (QED) is 0.156. The van der Waals surface area contributed by atoms with Gasteiger partial charge < -0.3 is 14.4 Å². The molecule has 0 unspecified atom stereocenters. The van der Waals surface area contributed by atoms with Crippen LogP contribution in [0.3, 0.4) is 0 Å². The molecule has 4 nitrogen and oxygen atoms in total. The molecule has 4 aromatic heterocycles. The van der Waals surface area contributed by atoms with E-state index < -0.39 is 6.85 Å². The van der Waals surface area contributed by atoms with Crippen LogP contribution in [-0.2, 0) is 26.5 Å². The second-order valence-corrected chi connectivity index (χ2v) is 13.5. The summed E-state index contributed by atoms with van der Waals surface area (Å²) in [5.41, 5.74) is 15.3. The van der Waals surface area contributed by atoms with Crippen LogP contribution in [-0.4, -0.2) is 15.0 Å². The van der Waals surface area contributed by atoms with Crippen LogP contribution in [0, 0.1) is 39.8 Å². The minimum Gasteiger partial charge on any atom is -0.486 e. The van der Waals surface area contributed by atoms with Gasteiger partial charge in [0.05, 0.1) is 5.58 Å².